The topological polar surface area (TPSA) is 58.4 Å². The minimum atomic E-state index is -0.0724. The van der Waals surface area contributed by atoms with Crippen molar-refractivity contribution < 1.29 is 4.79 Å². The highest BCUT2D eigenvalue weighted by molar-refractivity contribution is 5.78. The minimum absolute atomic E-state index is 0.0724. The van der Waals surface area contributed by atoms with E-state index in [1.807, 2.05) is 6.92 Å². The second kappa shape index (κ2) is 5.47. The molecule has 88 valence electrons. The SMILES string of the molecule is CC(CN)C(=O)NC1CCN(C)CC1C. The summed E-state index contributed by atoms with van der Waals surface area (Å²) >= 11 is 0. The van der Waals surface area contributed by atoms with E-state index in [0.717, 1.165) is 19.5 Å². The van der Waals surface area contributed by atoms with Crippen molar-refractivity contribution in [3.8, 4) is 0 Å². The molecule has 0 saturated carbocycles. The molecule has 15 heavy (non-hydrogen) atoms. The Morgan fingerprint density at radius 1 is 1.67 bits per heavy atom. The van der Waals surface area contributed by atoms with E-state index < -0.39 is 0 Å². The highest BCUT2D eigenvalue weighted by atomic mass is 16.1. The minimum Gasteiger partial charge on any atom is -0.353 e. The molecule has 0 spiro atoms. The van der Waals surface area contributed by atoms with Crippen LogP contribution in [0.1, 0.15) is 20.3 Å². The highest BCUT2D eigenvalue weighted by Crippen LogP contribution is 2.15. The predicted octanol–water partition coefficient (Wildman–Crippen LogP) is 0.0376. The molecule has 1 saturated heterocycles. The average Bonchev–Trinajstić information content (AvgIpc) is 2.20. The van der Waals surface area contributed by atoms with E-state index in [-0.39, 0.29) is 11.8 Å². The zero-order valence-electron chi connectivity index (χ0n) is 9.99. The van der Waals surface area contributed by atoms with Gasteiger partial charge < -0.3 is 16.0 Å². The second-order valence-corrected chi connectivity index (χ2v) is 4.78. The Labute approximate surface area is 92.2 Å². The summed E-state index contributed by atoms with van der Waals surface area (Å²) in [6.45, 7) is 6.60. The summed E-state index contributed by atoms with van der Waals surface area (Å²) in [4.78, 5) is 14.0. The maximum absolute atomic E-state index is 11.7. The normalized spacial score (nSPS) is 29.9. The zero-order chi connectivity index (χ0) is 11.4. The van der Waals surface area contributed by atoms with Crippen LogP contribution in [0.5, 0.6) is 0 Å². The first kappa shape index (κ1) is 12.5. The van der Waals surface area contributed by atoms with Crippen LogP contribution in [-0.4, -0.2) is 43.5 Å². The number of carbonyl (C=O) groups excluding carboxylic acids is 1. The fraction of sp³-hybridized carbons (Fsp3) is 0.909. The molecule has 1 aliphatic rings. The van der Waals surface area contributed by atoms with E-state index in [2.05, 4.69) is 24.2 Å². The van der Waals surface area contributed by atoms with Crippen LogP contribution in [0.3, 0.4) is 0 Å². The van der Waals surface area contributed by atoms with Crippen LogP contribution in [0.15, 0.2) is 0 Å². The molecule has 1 heterocycles. The summed E-state index contributed by atoms with van der Waals surface area (Å²) in [7, 11) is 2.12. The third kappa shape index (κ3) is 3.47. The van der Waals surface area contributed by atoms with Crippen molar-refractivity contribution in [1.29, 1.82) is 0 Å². The number of rotatable bonds is 3. The van der Waals surface area contributed by atoms with Gasteiger partial charge in [0, 0.05) is 25.0 Å². The summed E-state index contributed by atoms with van der Waals surface area (Å²) < 4.78 is 0. The van der Waals surface area contributed by atoms with Crippen LogP contribution < -0.4 is 11.1 Å². The number of carbonyl (C=O) groups is 1. The van der Waals surface area contributed by atoms with Crippen LogP contribution in [0.2, 0.25) is 0 Å². The standard InChI is InChI=1S/C11H23N3O/c1-8(6-12)11(15)13-10-4-5-14(3)7-9(10)2/h8-10H,4-7,12H2,1-3H3,(H,13,15). The van der Waals surface area contributed by atoms with Gasteiger partial charge in [0.15, 0.2) is 0 Å². The van der Waals surface area contributed by atoms with E-state index in [0.29, 0.717) is 18.5 Å². The number of amides is 1. The number of hydrogen-bond acceptors (Lipinski definition) is 3. The molecular weight excluding hydrogens is 190 g/mol. The number of nitrogens with two attached hydrogens (primary N) is 1. The van der Waals surface area contributed by atoms with Gasteiger partial charge in [-0.2, -0.15) is 0 Å². The number of nitrogens with one attached hydrogen (secondary N) is 1. The monoisotopic (exact) mass is 213 g/mol. The van der Waals surface area contributed by atoms with Crippen molar-refractivity contribution in [2.75, 3.05) is 26.7 Å². The van der Waals surface area contributed by atoms with Crippen molar-refractivity contribution in [2.45, 2.75) is 26.3 Å². The fourth-order valence-corrected chi connectivity index (χ4v) is 2.00. The Morgan fingerprint density at radius 2 is 2.33 bits per heavy atom. The lowest BCUT2D eigenvalue weighted by Crippen LogP contribution is -2.50. The molecular formula is C11H23N3O. The third-order valence-corrected chi connectivity index (χ3v) is 3.24. The molecule has 1 amide bonds. The van der Waals surface area contributed by atoms with E-state index in [4.69, 9.17) is 5.73 Å². The predicted molar refractivity (Wildman–Crippen MR) is 61.4 cm³/mol. The molecule has 0 aliphatic carbocycles. The molecule has 1 fully saturated rings. The van der Waals surface area contributed by atoms with E-state index >= 15 is 0 Å². The fourth-order valence-electron chi connectivity index (χ4n) is 2.00. The van der Waals surface area contributed by atoms with Gasteiger partial charge in [0.25, 0.3) is 0 Å². The highest BCUT2D eigenvalue weighted by Gasteiger charge is 2.26. The Morgan fingerprint density at radius 3 is 2.87 bits per heavy atom. The number of nitrogens with zero attached hydrogens (tertiary/aromatic N) is 1. The van der Waals surface area contributed by atoms with Gasteiger partial charge in [-0.1, -0.05) is 13.8 Å². The lowest BCUT2D eigenvalue weighted by molar-refractivity contribution is -0.125. The van der Waals surface area contributed by atoms with Gasteiger partial charge in [-0.3, -0.25) is 4.79 Å². The van der Waals surface area contributed by atoms with Crippen molar-refractivity contribution in [2.24, 2.45) is 17.6 Å². The molecule has 0 radical (unpaired) electrons. The zero-order valence-corrected chi connectivity index (χ0v) is 9.99. The van der Waals surface area contributed by atoms with Crippen LogP contribution >= 0.6 is 0 Å². The summed E-state index contributed by atoms with van der Waals surface area (Å²) in [5, 5.41) is 3.09. The van der Waals surface area contributed by atoms with Crippen molar-refractivity contribution >= 4 is 5.91 Å². The molecule has 3 atom stereocenters. The Hall–Kier alpha value is -0.610. The summed E-state index contributed by atoms with van der Waals surface area (Å²) in [6, 6.07) is 0.322. The first-order valence-corrected chi connectivity index (χ1v) is 5.73. The van der Waals surface area contributed by atoms with Gasteiger partial charge in [-0.05, 0) is 25.9 Å². The molecule has 3 N–H and O–H groups in total. The lowest BCUT2D eigenvalue weighted by atomic mass is 9.93. The maximum Gasteiger partial charge on any atom is 0.224 e. The molecule has 1 rings (SSSR count). The van der Waals surface area contributed by atoms with Crippen LogP contribution in [0.4, 0.5) is 0 Å². The number of likely N-dealkylation sites (tertiary alicyclic amines) is 1. The van der Waals surface area contributed by atoms with Gasteiger partial charge >= 0.3 is 0 Å². The van der Waals surface area contributed by atoms with Gasteiger partial charge in [0.05, 0.1) is 0 Å². The smallest absolute Gasteiger partial charge is 0.224 e. The Bertz CT molecular complexity index is 220. The Kier molecular flexibility index (Phi) is 4.54. The van der Waals surface area contributed by atoms with Gasteiger partial charge in [0.2, 0.25) is 5.91 Å². The second-order valence-electron chi connectivity index (χ2n) is 4.78. The molecule has 0 aromatic carbocycles. The van der Waals surface area contributed by atoms with E-state index in [1.165, 1.54) is 0 Å². The van der Waals surface area contributed by atoms with Crippen molar-refractivity contribution in [1.82, 2.24) is 10.2 Å². The van der Waals surface area contributed by atoms with Crippen molar-refractivity contribution in [3.63, 3.8) is 0 Å². The van der Waals surface area contributed by atoms with Crippen LogP contribution in [-0.2, 0) is 4.79 Å². The lowest BCUT2D eigenvalue weighted by Gasteiger charge is -2.35. The molecule has 4 heteroatoms. The van der Waals surface area contributed by atoms with Crippen LogP contribution in [0, 0.1) is 11.8 Å². The molecule has 3 unspecified atom stereocenters. The first-order chi connectivity index (χ1) is 7.04. The third-order valence-electron chi connectivity index (χ3n) is 3.24. The first-order valence-electron chi connectivity index (χ1n) is 5.73. The molecule has 0 bridgehead atoms. The molecule has 4 nitrogen and oxygen atoms in total. The van der Waals surface area contributed by atoms with Crippen molar-refractivity contribution in [3.05, 3.63) is 0 Å². The molecule has 0 aromatic heterocycles. The number of piperidine rings is 1. The van der Waals surface area contributed by atoms with E-state index in [9.17, 15) is 4.79 Å². The summed E-state index contributed by atoms with van der Waals surface area (Å²) in [5.74, 6) is 0.549. The van der Waals surface area contributed by atoms with Gasteiger partial charge in [-0.15, -0.1) is 0 Å². The number of hydrogen-bond donors (Lipinski definition) is 2. The van der Waals surface area contributed by atoms with Crippen LogP contribution in [0.25, 0.3) is 0 Å². The summed E-state index contributed by atoms with van der Waals surface area (Å²) in [6.07, 6.45) is 1.04. The van der Waals surface area contributed by atoms with E-state index in [1.54, 1.807) is 0 Å². The quantitative estimate of drug-likeness (QED) is 0.696. The molecule has 0 aromatic rings. The van der Waals surface area contributed by atoms with Gasteiger partial charge in [0.1, 0.15) is 0 Å². The Balaban J connectivity index is 2.41. The maximum atomic E-state index is 11.7. The average molecular weight is 213 g/mol. The molecule has 1 aliphatic heterocycles. The summed E-state index contributed by atoms with van der Waals surface area (Å²) in [5.41, 5.74) is 5.47. The largest absolute Gasteiger partial charge is 0.353 e. The van der Waals surface area contributed by atoms with Gasteiger partial charge in [-0.25, -0.2) is 0 Å².